The van der Waals surface area contributed by atoms with E-state index in [1.807, 2.05) is 0 Å². The minimum absolute atomic E-state index is 0.00848. The van der Waals surface area contributed by atoms with E-state index in [1.165, 1.54) is 58.3 Å². The summed E-state index contributed by atoms with van der Waals surface area (Å²) in [6.07, 6.45) is 0.139. The Morgan fingerprint density at radius 3 is 1.25 bits per heavy atom. The summed E-state index contributed by atoms with van der Waals surface area (Å²) in [5.74, 6) is -3.29. The Kier molecular flexibility index (Phi) is 14.8. The second-order valence-corrected chi connectivity index (χ2v) is 21.8. The van der Waals surface area contributed by atoms with E-state index >= 15 is 8.78 Å². The minimum Gasteiger partial charge on any atom is -0.371 e. The maximum absolute atomic E-state index is 15.8. The fourth-order valence-corrected chi connectivity index (χ4v) is 10.6. The number of nitrogens with zero attached hydrogens (tertiary/aromatic N) is 2. The maximum Gasteiger partial charge on any atom is 0.322 e. The molecule has 0 bridgehead atoms. The third-order valence-corrected chi connectivity index (χ3v) is 14.7. The highest BCUT2D eigenvalue weighted by atomic mass is 35.5. The van der Waals surface area contributed by atoms with Crippen LogP contribution in [0.2, 0.25) is 10.0 Å². The Hall–Kier alpha value is -6.90. The molecule has 2 saturated heterocycles. The average Bonchev–Trinajstić information content (AvgIpc) is 3.96. The summed E-state index contributed by atoms with van der Waals surface area (Å²) in [6, 6.07) is 28.5. The number of carbonyl (C=O) groups is 4. The van der Waals surface area contributed by atoms with Crippen LogP contribution in [0.3, 0.4) is 0 Å². The quantitative estimate of drug-likeness (QED) is 0.0922. The number of rotatable bonds is 12. The van der Waals surface area contributed by atoms with Crippen LogP contribution in [0.5, 0.6) is 0 Å². The van der Waals surface area contributed by atoms with Crippen molar-refractivity contribution in [2.75, 3.05) is 46.9 Å². The van der Waals surface area contributed by atoms with Crippen molar-refractivity contribution in [3.63, 3.8) is 0 Å². The Labute approximate surface area is 417 Å². The largest absolute Gasteiger partial charge is 0.371 e. The number of sulfone groups is 2. The van der Waals surface area contributed by atoms with Crippen LogP contribution in [0.15, 0.2) is 143 Å². The van der Waals surface area contributed by atoms with E-state index in [2.05, 4.69) is 21.3 Å². The molecule has 8 rings (SSSR count). The van der Waals surface area contributed by atoms with E-state index in [-0.39, 0.29) is 69.4 Å². The molecule has 2 aliphatic rings. The number of anilines is 4. The van der Waals surface area contributed by atoms with Gasteiger partial charge in [-0.25, -0.2) is 35.2 Å². The molecule has 4 N–H and O–H groups in total. The average molecular weight is 1050 g/mol. The number of ether oxygens (including phenoxy) is 1. The molecule has 6 aromatic carbocycles. The molecular formula is C50H44Cl2F2N6O9S2. The van der Waals surface area contributed by atoms with Crippen LogP contribution >= 0.6 is 23.2 Å². The highest BCUT2D eigenvalue weighted by Gasteiger charge is 2.45. The first-order valence-corrected chi connectivity index (χ1v) is 26.4. The molecule has 2 fully saturated rings. The number of halogens is 4. The molecule has 0 aromatic heterocycles. The molecule has 21 heteroatoms. The third-order valence-electron chi connectivity index (χ3n) is 11.9. The van der Waals surface area contributed by atoms with E-state index in [0.717, 1.165) is 24.6 Å². The molecule has 368 valence electrons. The van der Waals surface area contributed by atoms with Crippen molar-refractivity contribution >= 4 is 89.5 Å². The lowest BCUT2D eigenvalue weighted by molar-refractivity contribution is -0.120. The zero-order valence-corrected chi connectivity index (χ0v) is 40.9. The van der Waals surface area contributed by atoms with Crippen molar-refractivity contribution < 1.29 is 49.5 Å². The number of carbonyl (C=O) groups excluding carboxylic acids is 4. The van der Waals surface area contributed by atoms with Gasteiger partial charge in [0.15, 0.2) is 19.7 Å². The zero-order chi connectivity index (χ0) is 50.8. The fraction of sp³-hybridized carbons (Fsp3) is 0.200. The molecule has 0 aliphatic carbocycles. The Balaban J connectivity index is 1.02. The van der Waals surface area contributed by atoms with Gasteiger partial charge in [0.2, 0.25) is 11.8 Å². The third kappa shape index (κ3) is 11.8. The van der Waals surface area contributed by atoms with Crippen molar-refractivity contribution in [3.05, 3.63) is 155 Å². The van der Waals surface area contributed by atoms with E-state index in [1.54, 1.807) is 72.8 Å². The van der Waals surface area contributed by atoms with E-state index in [4.69, 9.17) is 27.9 Å². The molecule has 4 atom stereocenters. The summed E-state index contributed by atoms with van der Waals surface area (Å²) >= 11 is 12.1. The summed E-state index contributed by atoms with van der Waals surface area (Å²) in [6.45, 7) is -0.322. The second-order valence-electron chi connectivity index (χ2n) is 17.0. The molecule has 4 unspecified atom stereocenters. The van der Waals surface area contributed by atoms with Gasteiger partial charge in [-0.3, -0.25) is 9.59 Å². The van der Waals surface area contributed by atoms with Gasteiger partial charge < -0.3 is 35.8 Å². The van der Waals surface area contributed by atoms with Crippen molar-refractivity contribution in [3.8, 4) is 22.3 Å². The standard InChI is InChI=1S/C50H44Cl2F2N6O9S2/c1-70(65,66)45-9-5-3-7-37(45)29-11-21-41(39(53)23-29)57-47(61)43-25-35(27-59(43)49(63)55-33-17-13-31(51)14-18-33)69-36-26-44(60(28-36)50(64)56-34-19-15-32(52)16-20-34)48(62)58-42-22-12-30(24-40(42)54)38-8-4-6-10-46(38)71(2,67)68/h3-24,35-36,43-44H,25-28H2,1-2H3,(H,55,63)(H,56,64)(H,57,61)(H,58,62). The normalized spacial score (nSPS) is 17.9. The van der Waals surface area contributed by atoms with Crippen molar-refractivity contribution in [2.45, 2.75) is 46.9 Å². The number of likely N-dealkylation sites (tertiary alicyclic amines) is 2. The molecule has 2 aliphatic heterocycles. The first-order chi connectivity index (χ1) is 33.7. The molecule has 71 heavy (non-hydrogen) atoms. The predicted octanol–water partition coefficient (Wildman–Crippen LogP) is 9.36. The Morgan fingerprint density at radius 2 is 0.901 bits per heavy atom. The molecule has 0 spiro atoms. The SMILES string of the molecule is CS(=O)(=O)c1ccccc1-c1ccc(NC(=O)C2CC(OC3CC(C(=O)Nc4ccc(-c5ccccc5S(C)(=O)=O)cc4F)N(C(=O)Nc4ccc(Cl)cc4)C3)CN2C(=O)Nc2ccc(Cl)cc2)c(F)c1. The molecular weight excluding hydrogens is 1000 g/mol. The van der Waals surface area contributed by atoms with Crippen molar-refractivity contribution in [2.24, 2.45) is 0 Å². The van der Waals surface area contributed by atoms with Gasteiger partial charge in [0.25, 0.3) is 0 Å². The number of hydrogen-bond acceptors (Lipinski definition) is 9. The van der Waals surface area contributed by atoms with Gasteiger partial charge in [0, 0.05) is 71.0 Å². The zero-order valence-electron chi connectivity index (χ0n) is 37.7. The van der Waals surface area contributed by atoms with Crippen LogP contribution in [0, 0.1) is 11.6 Å². The lowest BCUT2D eigenvalue weighted by Crippen LogP contribution is -2.45. The number of urea groups is 2. The second kappa shape index (κ2) is 20.8. The molecule has 6 amide bonds. The van der Waals surface area contributed by atoms with Gasteiger partial charge >= 0.3 is 12.1 Å². The molecule has 6 aromatic rings. The van der Waals surface area contributed by atoms with Crippen LogP contribution in [0.25, 0.3) is 22.3 Å². The van der Waals surface area contributed by atoms with Crippen LogP contribution < -0.4 is 21.3 Å². The van der Waals surface area contributed by atoms with E-state index in [0.29, 0.717) is 21.4 Å². The number of hydrogen-bond donors (Lipinski definition) is 4. The van der Waals surface area contributed by atoms with Gasteiger partial charge in [0.05, 0.1) is 33.4 Å². The van der Waals surface area contributed by atoms with Crippen molar-refractivity contribution in [1.29, 1.82) is 0 Å². The van der Waals surface area contributed by atoms with E-state index < -0.39 is 79.5 Å². The maximum atomic E-state index is 15.8. The van der Waals surface area contributed by atoms with Crippen molar-refractivity contribution in [1.82, 2.24) is 9.80 Å². The summed E-state index contributed by atoms with van der Waals surface area (Å²) in [4.78, 5) is 58.5. The molecule has 0 radical (unpaired) electrons. The molecule has 0 saturated carbocycles. The van der Waals surface area contributed by atoms with Crippen LogP contribution in [-0.2, 0) is 34.0 Å². The lowest BCUT2D eigenvalue weighted by Gasteiger charge is -2.24. The first-order valence-electron chi connectivity index (χ1n) is 21.8. The highest BCUT2D eigenvalue weighted by molar-refractivity contribution is 7.91. The summed E-state index contributed by atoms with van der Waals surface area (Å²) in [7, 11) is -7.35. The molecule has 2 heterocycles. The van der Waals surface area contributed by atoms with Gasteiger partial charge in [0.1, 0.15) is 23.7 Å². The smallest absolute Gasteiger partial charge is 0.322 e. The monoisotopic (exact) mass is 1040 g/mol. The number of amides is 6. The minimum atomic E-state index is -3.67. The Morgan fingerprint density at radius 1 is 0.535 bits per heavy atom. The number of nitrogens with one attached hydrogen (secondary N) is 4. The van der Waals surface area contributed by atoms with Crippen LogP contribution in [0.1, 0.15) is 12.8 Å². The van der Waals surface area contributed by atoms with Gasteiger partial charge in [-0.1, -0.05) is 71.7 Å². The van der Waals surface area contributed by atoms with Crippen LogP contribution in [-0.4, -0.2) is 100 Å². The predicted molar refractivity (Wildman–Crippen MR) is 267 cm³/mol. The highest BCUT2D eigenvalue weighted by Crippen LogP contribution is 2.34. The van der Waals surface area contributed by atoms with Gasteiger partial charge in [-0.15, -0.1) is 0 Å². The van der Waals surface area contributed by atoms with Gasteiger partial charge in [-0.05, 0) is 96.1 Å². The van der Waals surface area contributed by atoms with E-state index in [9.17, 15) is 36.0 Å². The topological polar surface area (TPSA) is 200 Å². The molecule has 15 nitrogen and oxygen atoms in total. The van der Waals surface area contributed by atoms with Gasteiger partial charge in [-0.2, -0.15) is 0 Å². The fourth-order valence-electron chi connectivity index (χ4n) is 8.52. The van der Waals surface area contributed by atoms with Crippen LogP contribution in [0.4, 0.5) is 41.1 Å². The summed E-state index contributed by atoms with van der Waals surface area (Å²) < 4.78 is 88.0. The Bertz CT molecular complexity index is 3060. The summed E-state index contributed by atoms with van der Waals surface area (Å²) in [5, 5.41) is 11.4. The first kappa shape index (κ1) is 50.5. The number of benzene rings is 6. The lowest BCUT2D eigenvalue weighted by atomic mass is 10.0. The summed E-state index contributed by atoms with van der Waals surface area (Å²) in [5.41, 5.74) is 1.25.